The van der Waals surface area contributed by atoms with Crippen molar-refractivity contribution in [2.24, 2.45) is 0 Å². The molecule has 0 saturated heterocycles. The maximum absolute atomic E-state index is 12.6. The maximum atomic E-state index is 12.6. The molecule has 21 heavy (non-hydrogen) atoms. The van der Waals surface area contributed by atoms with Crippen molar-refractivity contribution >= 4 is 11.6 Å². The van der Waals surface area contributed by atoms with E-state index in [0.29, 0.717) is 30.1 Å². The van der Waals surface area contributed by atoms with E-state index >= 15 is 0 Å². The summed E-state index contributed by atoms with van der Waals surface area (Å²) in [6.45, 7) is 3.08. The van der Waals surface area contributed by atoms with Crippen LogP contribution in [-0.4, -0.2) is 29.4 Å². The lowest BCUT2D eigenvalue weighted by molar-refractivity contribution is 0.0753. The molecule has 0 aliphatic rings. The molecule has 1 amide bonds. The van der Waals surface area contributed by atoms with Crippen LogP contribution < -0.4 is 10.5 Å². The van der Waals surface area contributed by atoms with E-state index in [1.54, 1.807) is 42.6 Å². The second-order valence-electron chi connectivity index (χ2n) is 4.63. The van der Waals surface area contributed by atoms with Gasteiger partial charge in [0.2, 0.25) is 0 Å². The Morgan fingerprint density at radius 3 is 2.57 bits per heavy atom. The van der Waals surface area contributed by atoms with Crippen molar-refractivity contribution < 1.29 is 9.53 Å². The van der Waals surface area contributed by atoms with Crippen LogP contribution in [0.15, 0.2) is 42.7 Å². The molecule has 5 nitrogen and oxygen atoms in total. The van der Waals surface area contributed by atoms with Crippen molar-refractivity contribution in [3.8, 4) is 5.75 Å². The minimum absolute atomic E-state index is 0.0885. The standard InChI is InChI=1S/C16H19N3O2/c1-3-19(11-12-6-8-18-9-7-12)16(20)14-5-4-13(21-2)10-15(14)17/h4-10H,3,11,17H2,1-2H3. The Hall–Kier alpha value is -2.56. The molecule has 110 valence electrons. The molecule has 1 aromatic carbocycles. The van der Waals surface area contributed by atoms with E-state index < -0.39 is 0 Å². The van der Waals surface area contributed by atoms with Gasteiger partial charge in [0.1, 0.15) is 5.75 Å². The van der Waals surface area contributed by atoms with Crippen LogP contribution in [0.4, 0.5) is 5.69 Å². The number of amides is 1. The lowest BCUT2D eigenvalue weighted by atomic mass is 10.1. The highest BCUT2D eigenvalue weighted by molar-refractivity contribution is 5.99. The number of nitrogens with two attached hydrogens (primary N) is 1. The van der Waals surface area contributed by atoms with E-state index in [4.69, 9.17) is 10.5 Å². The van der Waals surface area contributed by atoms with Crippen molar-refractivity contribution in [3.05, 3.63) is 53.9 Å². The van der Waals surface area contributed by atoms with Crippen LogP contribution in [0.25, 0.3) is 0 Å². The van der Waals surface area contributed by atoms with Crippen molar-refractivity contribution in [2.75, 3.05) is 19.4 Å². The average Bonchev–Trinajstić information content (AvgIpc) is 2.52. The zero-order valence-electron chi connectivity index (χ0n) is 12.2. The molecule has 0 radical (unpaired) electrons. The molecule has 1 heterocycles. The van der Waals surface area contributed by atoms with Gasteiger partial charge in [-0.1, -0.05) is 0 Å². The fourth-order valence-corrected chi connectivity index (χ4v) is 2.07. The van der Waals surface area contributed by atoms with Crippen molar-refractivity contribution in [3.63, 3.8) is 0 Å². The Balaban J connectivity index is 2.20. The number of benzene rings is 1. The third-order valence-corrected chi connectivity index (χ3v) is 3.28. The fourth-order valence-electron chi connectivity index (χ4n) is 2.07. The van der Waals surface area contributed by atoms with E-state index in [1.165, 1.54) is 0 Å². The van der Waals surface area contributed by atoms with Gasteiger partial charge >= 0.3 is 0 Å². The number of aromatic nitrogens is 1. The zero-order valence-corrected chi connectivity index (χ0v) is 12.2. The Morgan fingerprint density at radius 1 is 1.29 bits per heavy atom. The molecule has 0 bridgehead atoms. The number of hydrogen-bond acceptors (Lipinski definition) is 4. The maximum Gasteiger partial charge on any atom is 0.256 e. The van der Waals surface area contributed by atoms with Crippen LogP contribution in [0.1, 0.15) is 22.8 Å². The van der Waals surface area contributed by atoms with Gasteiger partial charge in [-0.2, -0.15) is 0 Å². The summed E-state index contributed by atoms with van der Waals surface area (Å²) in [4.78, 5) is 18.3. The molecule has 0 aliphatic heterocycles. The lowest BCUT2D eigenvalue weighted by Gasteiger charge is -2.22. The quantitative estimate of drug-likeness (QED) is 0.856. The molecular formula is C16H19N3O2. The summed E-state index contributed by atoms with van der Waals surface area (Å²) in [7, 11) is 1.57. The summed E-state index contributed by atoms with van der Waals surface area (Å²) >= 11 is 0. The highest BCUT2D eigenvalue weighted by Gasteiger charge is 2.17. The summed E-state index contributed by atoms with van der Waals surface area (Å²) in [6.07, 6.45) is 3.44. The van der Waals surface area contributed by atoms with Crippen LogP contribution >= 0.6 is 0 Å². The first-order valence-corrected chi connectivity index (χ1v) is 6.77. The number of hydrogen-bond donors (Lipinski definition) is 1. The van der Waals surface area contributed by atoms with Crippen molar-refractivity contribution in [1.82, 2.24) is 9.88 Å². The van der Waals surface area contributed by atoms with Gasteiger partial charge < -0.3 is 15.4 Å². The monoisotopic (exact) mass is 285 g/mol. The summed E-state index contributed by atoms with van der Waals surface area (Å²) in [5.74, 6) is 0.552. The highest BCUT2D eigenvalue weighted by Crippen LogP contribution is 2.21. The molecule has 2 N–H and O–H groups in total. The van der Waals surface area contributed by atoms with E-state index in [-0.39, 0.29) is 5.91 Å². The number of rotatable bonds is 5. The number of carbonyl (C=O) groups excluding carboxylic acids is 1. The van der Waals surface area contributed by atoms with E-state index in [0.717, 1.165) is 5.56 Å². The number of anilines is 1. The van der Waals surface area contributed by atoms with Crippen LogP contribution in [0.3, 0.4) is 0 Å². The lowest BCUT2D eigenvalue weighted by Crippen LogP contribution is -2.30. The molecule has 0 unspecified atom stereocenters. The van der Waals surface area contributed by atoms with Crippen LogP contribution in [0.2, 0.25) is 0 Å². The van der Waals surface area contributed by atoms with Crippen LogP contribution in [0.5, 0.6) is 5.75 Å². The zero-order chi connectivity index (χ0) is 15.2. The number of pyridine rings is 1. The number of nitrogen functional groups attached to an aromatic ring is 1. The first-order chi connectivity index (χ1) is 10.2. The Kier molecular flexibility index (Phi) is 4.77. The third kappa shape index (κ3) is 3.51. The van der Waals surface area contributed by atoms with Gasteiger partial charge in [0, 0.05) is 37.2 Å². The molecule has 0 spiro atoms. The van der Waals surface area contributed by atoms with Crippen molar-refractivity contribution in [1.29, 1.82) is 0 Å². The Morgan fingerprint density at radius 2 is 2.00 bits per heavy atom. The van der Waals surface area contributed by atoms with Gasteiger partial charge in [0.15, 0.2) is 0 Å². The first kappa shape index (κ1) is 14.8. The van der Waals surface area contributed by atoms with Gasteiger partial charge in [0.05, 0.1) is 12.7 Å². The predicted molar refractivity (Wildman–Crippen MR) is 82.1 cm³/mol. The van der Waals surface area contributed by atoms with Gasteiger partial charge in [-0.25, -0.2) is 0 Å². The molecule has 0 atom stereocenters. The smallest absolute Gasteiger partial charge is 0.256 e. The molecule has 2 aromatic rings. The van der Waals surface area contributed by atoms with Gasteiger partial charge in [-0.15, -0.1) is 0 Å². The molecule has 0 saturated carbocycles. The number of nitrogens with zero attached hydrogens (tertiary/aromatic N) is 2. The molecular weight excluding hydrogens is 266 g/mol. The predicted octanol–water partition coefficient (Wildman–Crippen LogP) is 2.33. The molecule has 5 heteroatoms. The fraction of sp³-hybridized carbons (Fsp3) is 0.250. The van der Waals surface area contributed by atoms with Crippen molar-refractivity contribution in [2.45, 2.75) is 13.5 Å². The molecule has 0 aliphatic carbocycles. The third-order valence-electron chi connectivity index (χ3n) is 3.28. The SMILES string of the molecule is CCN(Cc1ccncc1)C(=O)c1ccc(OC)cc1N. The Labute approximate surface area is 124 Å². The van der Waals surface area contributed by atoms with Gasteiger partial charge in [-0.05, 0) is 36.8 Å². The normalized spacial score (nSPS) is 10.2. The minimum atomic E-state index is -0.0885. The largest absolute Gasteiger partial charge is 0.497 e. The van der Waals surface area contributed by atoms with Gasteiger partial charge in [0.25, 0.3) is 5.91 Å². The number of methoxy groups -OCH3 is 1. The van der Waals surface area contributed by atoms with E-state index in [2.05, 4.69) is 4.98 Å². The Bertz CT molecular complexity index is 614. The van der Waals surface area contributed by atoms with Crippen LogP contribution in [0, 0.1) is 0 Å². The summed E-state index contributed by atoms with van der Waals surface area (Å²) in [5.41, 5.74) is 7.90. The number of carbonyl (C=O) groups is 1. The molecule has 2 rings (SSSR count). The first-order valence-electron chi connectivity index (χ1n) is 6.77. The average molecular weight is 285 g/mol. The molecule has 0 fully saturated rings. The van der Waals surface area contributed by atoms with Gasteiger partial charge in [-0.3, -0.25) is 9.78 Å². The molecule has 1 aromatic heterocycles. The topological polar surface area (TPSA) is 68.5 Å². The summed E-state index contributed by atoms with van der Waals surface area (Å²) in [6, 6.07) is 8.89. The minimum Gasteiger partial charge on any atom is -0.497 e. The van der Waals surface area contributed by atoms with Crippen LogP contribution in [-0.2, 0) is 6.54 Å². The second kappa shape index (κ2) is 6.74. The summed E-state index contributed by atoms with van der Waals surface area (Å²) < 4.78 is 5.10. The van der Waals surface area contributed by atoms with E-state index in [9.17, 15) is 4.79 Å². The van der Waals surface area contributed by atoms with E-state index in [1.807, 2.05) is 19.1 Å². The highest BCUT2D eigenvalue weighted by atomic mass is 16.5. The number of ether oxygens (including phenoxy) is 1. The second-order valence-corrected chi connectivity index (χ2v) is 4.63. The summed E-state index contributed by atoms with van der Waals surface area (Å²) in [5, 5.41) is 0.